The Bertz CT molecular complexity index is 397. The van der Waals surface area contributed by atoms with Gasteiger partial charge in [-0.2, -0.15) is 11.8 Å². The summed E-state index contributed by atoms with van der Waals surface area (Å²) in [6.07, 6.45) is 6.59. The predicted molar refractivity (Wildman–Crippen MR) is 82.1 cm³/mol. The van der Waals surface area contributed by atoms with Crippen LogP contribution in [0.25, 0.3) is 0 Å². The van der Waals surface area contributed by atoms with Gasteiger partial charge in [-0.1, -0.05) is 12.1 Å². The summed E-state index contributed by atoms with van der Waals surface area (Å²) in [7, 11) is 0. The van der Waals surface area contributed by atoms with Crippen molar-refractivity contribution < 1.29 is 4.74 Å². The number of thioether (sulfide) groups is 1. The van der Waals surface area contributed by atoms with Crippen LogP contribution in [0.15, 0.2) is 24.3 Å². The number of hydrogen-bond acceptors (Lipinski definition) is 3. The number of ether oxygens (including phenoxy) is 1. The molecule has 0 radical (unpaired) electrons. The fourth-order valence-electron chi connectivity index (χ4n) is 2.95. The molecule has 2 heterocycles. The summed E-state index contributed by atoms with van der Waals surface area (Å²) >= 11 is 2.05. The highest BCUT2D eigenvalue weighted by Crippen LogP contribution is 2.24. The molecule has 2 aliphatic heterocycles. The third-order valence-corrected chi connectivity index (χ3v) is 5.06. The van der Waals surface area contributed by atoms with Crippen molar-refractivity contribution in [1.29, 1.82) is 0 Å². The highest BCUT2D eigenvalue weighted by Gasteiger charge is 2.17. The van der Waals surface area contributed by atoms with Crippen LogP contribution in [-0.2, 0) is 6.42 Å². The molecule has 0 aliphatic carbocycles. The van der Waals surface area contributed by atoms with Crippen molar-refractivity contribution in [3.63, 3.8) is 0 Å². The molecular formula is C16H23NOS. The molecule has 19 heavy (non-hydrogen) atoms. The van der Waals surface area contributed by atoms with Gasteiger partial charge in [0.2, 0.25) is 0 Å². The van der Waals surface area contributed by atoms with Gasteiger partial charge in [0.25, 0.3) is 0 Å². The van der Waals surface area contributed by atoms with Crippen LogP contribution < -0.4 is 10.1 Å². The van der Waals surface area contributed by atoms with Gasteiger partial charge in [-0.25, -0.2) is 0 Å². The Morgan fingerprint density at radius 3 is 2.89 bits per heavy atom. The van der Waals surface area contributed by atoms with Gasteiger partial charge in [-0.05, 0) is 67.9 Å². The fourth-order valence-corrected chi connectivity index (χ4v) is 4.01. The van der Waals surface area contributed by atoms with E-state index in [1.807, 2.05) is 11.8 Å². The van der Waals surface area contributed by atoms with Crippen molar-refractivity contribution in [3.05, 3.63) is 29.8 Å². The SMILES string of the molecule is c1cc(CC2CCCN2)cc(OC2CCSCC2)c1. The molecule has 2 nitrogen and oxygen atoms in total. The average molecular weight is 277 g/mol. The largest absolute Gasteiger partial charge is 0.490 e. The molecule has 1 atom stereocenters. The van der Waals surface area contributed by atoms with Gasteiger partial charge in [0, 0.05) is 6.04 Å². The quantitative estimate of drug-likeness (QED) is 0.913. The molecule has 3 rings (SSSR count). The normalized spacial score (nSPS) is 24.5. The second-order valence-electron chi connectivity index (χ2n) is 5.57. The third kappa shape index (κ3) is 3.90. The molecule has 3 heteroatoms. The second-order valence-corrected chi connectivity index (χ2v) is 6.80. The zero-order valence-electron chi connectivity index (χ0n) is 11.4. The number of nitrogens with one attached hydrogen (secondary N) is 1. The van der Waals surface area contributed by atoms with Crippen molar-refractivity contribution in [1.82, 2.24) is 5.32 Å². The van der Waals surface area contributed by atoms with Gasteiger partial charge in [0.1, 0.15) is 11.9 Å². The van der Waals surface area contributed by atoms with Crippen molar-refractivity contribution in [2.75, 3.05) is 18.1 Å². The van der Waals surface area contributed by atoms with E-state index in [4.69, 9.17) is 4.74 Å². The number of hydrogen-bond donors (Lipinski definition) is 1. The van der Waals surface area contributed by atoms with E-state index in [0.29, 0.717) is 12.1 Å². The van der Waals surface area contributed by atoms with E-state index < -0.39 is 0 Å². The van der Waals surface area contributed by atoms with Gasteiger partial charge >= 0.3 is 0 Å². The van der Waals surface area contributed by atoms with E-state index in [-0.39, 0.29) is 0 Å². The predicted octanol–water partition coefficient (Wildman–Crippen LogP) is 3.26. The summed E-state index contributed by atoms with van der Waals surface area (Å²) in [5, 5.41) is 3.56. The molecule has 2 aliphatic rings. The molecule has 104 valence electrons. The minimum absolute atomic E-state index is 0.432. The molecule has 1 N–H and O–H groups in total. The molecule has 0 spiro atoms. The van der Waals surface area contributed by atoms with Crippen LogP contribution in [0.5, 0.6) is 5.75 Å². The maximum atomic E-state index is 6.13. The summed E-state index contributed by atoms with van der Waals surface area (Å²) in [5.41, 5.74) is 1.40. The molecule has 2 fully saturated rings. The van der Waals surface area contributed by atoms with Crippen LogP contribution in [0.1, 0.15) is 31.2 Å². The lowest BCUT2D eigenvalue weighted by Crippen LogP contribution is -2.24. The van der Waals surface area contributed by atoms with Crippen LogP contribution in [0, 0.1) is 0 Å². The van der Waals surface area contributed by atoms with Crippen LogP contribution in [-0.4, -0.2) is 30.2 Å². The molecule has 2 saturated heterocycles. The zero-order valence-corrected chi connectivity index (χ0v) is 12.3. The van der Waals surface area contributed by atoms with Gasteiger partial charge in [-0.3, -0.25) is 0 Å². The van der Waals surface area contributed by atoms with Crippen LogP contribution in [0.4, 0.5) is 0 Å². The van der Waals surface area contributed by atoms with Crippen LogP contribution in [0.2, 0.25) is 0 Å². The van der Waals surface area contributed by atoms with Gasteiger partial charge in [0.15, 0.2) is 0 Å². The van der Waals surface area contributed by atoms with E-state index in [0.717, 1.165) is 12.2 Å². The van der Waals surface area contributed by atoms with E-state index in [1.54, 1.807) is 0 Å². The van der Waals surface area contributed by atoms with Crippen molar-refractivity contribution in [3.8, 4) is 5.75 Å². The minimum Gasteiger partial charge on any atom is -0.490 e. The minimum atomic E-state index is 0.432. The second kappa shape index (κ2) is 6.67. The zero-order chi connectivity index (χ0) is 12.9. The first kappa shape index (κ1) is 13.3. The summed E-state index contributed by atoms with van der Waals surface area (Å²) in [4.78, 5) is 0. The van der Waals surface area contributed by atoms with E-state index in [9.17, 15) is 0 Å². The highest BCUT2D eigenvalue weighted by molar-refractivity contribution is 7.99. The van der Waals surface area contributed by atoms with Crippen molar-refractivity contribution in [2.24, 2.45) is 0 Å². The Morgan fingerprint density at radius 2 is 2.11 bits per heavy atom. The Labute approximate surface area is 120 Å². The van der Waals surface area contributed by atoms with E-state index in [2.05, 4.69) is 29.6 Å². The number of benzene rings is 1. The maximum absolute atomic E-state index is 6.13. The summed E-state index contributed by atoms with van der Waals surface area (Å²) in [6, 6.07) is 9.37. The Kier molecular flexibility index (Phi) is 4.67. The van der Waals surface area contributed by atoms with E-state index >= 15 is 0 Å². The molecule has 1 unspecified atom stereocenters. The monoisotopic (exact) mass is 277 g/mol. The first-order valence-electron chi connectivity index (χ1n) is 7.47. The lowest BCUT2D eigenvalue weighted by Gasteiger charge is -2.23. The molecule has 0 bridgehead atoms. The standard InChI is InChI=1S/C16H23NOS/c1-3-13(11-14-4-2-8-17-14)12-16(5-1)18-15-6-9-19-10-7-15/h1,3,5,12,14-15,17H,2,4,6-11H2. The topological polar surface area (TPSA) is 21.3 Å². The van der Waals surface area contributed by atoms with Crippen molar-refractivity contribution >= 4 is 11.8 Å². The van der Waals surface area contributed by atoms with Gasteiger partial charge in [0.05, 0.1) is 0 Å². The molecular weight excluding hydrogens is 254 g/mol. The third-order valence-electron chi connectivity index (χ3n) is 4.01. The molecule has 1 aromatic rings. The Morgan fingerprint density at radius 1 is 1.21 bits per heavy atom. The smallest absolute Gasteiger partial charge is 0.119 e. The molecule has 1 aromatic carbocycles. The van der Waals surface area contributed by atoms with Crippen molar-refractivity contribution in [2.45, 2.75) is 44.2 Å². The maximum Gasteiger partial charge on any atom is 0.119 e. The van der Waals surface area contributed by atoms with E-state index in [1.165, 1.54) is 49.3 Å². The van der Waals surface area contributed by atoms with Gasteiger partial charge < -0.3 is 10.1 Å². The first-order valence-corrected chi connectivity index (χ1v) is 8.62. The lowest BCUT2D eigenvalue weighted by molar-refractivity contribution is 0.192. The first-order chi connectivity index (χ1) is 9.40. The summed E-state index contributed by atoms with van der Waals surface area (Å²) < 4.78 is 6.13. The van der Waals surface area contributed by atoms with Crippen LogP contribution >= 0.6 is 11.8 Å². The Hall–Kier alpha value is -0.670. The summed E-state index contributed by atoms with van der Waals surface area (Å²) in [6.45, 7) is 1.18. The molecule has 0 saturated carbocycles. The number of rotatable bonds is 4. The molecule has 0 aromatic heterocycles. The lowest BCUT2D eigenvalue weighted by atomic mass is 10.0. The molecule has 0 amide bonds. The highest BCUT2D eigenvalue weighted by atomic mass is 32.2. The average Bonchev–Trinajstić information content (AvgIpc) is 2.93. The Balaban J connectivity index is 1.58. The fraction of sp³-hybridized carbons (Fsp3) is 0.625. The van der Waals surface area contributed by atoms with Gasteiger partial charge in [-0.15, -0.1) is 0 Å². The summed E-state index contributed by atoms with van der Waals surface area (Å²) in [5.74, 6) is 3.56. The van der Waals surface area contributed by atoms with Crippen LogP contribution in [0.3, 0.4) is 0 Å².